The number of rotatable bonds is 4. The molecule has 3 saturated heterocycles. The molecule has 9 heteroatoms. The largest absolute Gasteiger partial charge is 0.452 e. The molecule has 1 aromatic heterocycles. The first-order valence-corrected chi connectivity index (χ1v) is 9.99. The number of nitrogens with one attached hydrogen (secondary N) is 1. The van der Waals surface area contributed by atoms with E-state index >= 15 is 0 Å². The molecule has 0 saturated carbocycles. The molecule has 2 atom stereocenters. The molecular weight excluding hydrogens is 391 g/mol. The second-order valence-corrected chi connectivity index (χ2v) is 8.36. The van der Waals surface area contributed by atoms with Gasteiger partial charge in [-0.3, -0.25) is 9.69 Å². The smallest absolute Gasteiger partial charge is 0.350 e. The van der Waals surface area contributed by atoms with Gasteiger partial charge in [-0.05, 0) is 63.0 Å². The van der Waals surface area contributed by atoms with Crippen molar-refractivity contribution in [3.8, 4) is 0 Å². The Morgan fingerprint density at radius 3 is 2.50 bits per heavy atom. The van der Waals surface area contributed by atoms with E-state index in [1.165, 1.54) is 0 Å². The molecule has 3 fully saturated rings. The number of benzene rings is 1. The van der Waals surface area contributed by atoms with Gasteiger partial charge in [0.05, 0.1) is 0 Å². The highest BCUT2D eigenvalue weighted by Gasteiger charge is 2.40. The maximum Gasteiger partial charge on any atom is 0.452 e. The van der Waals surface area contributed by atoms with Crippen molar-refractivity contribution in [2.45, 2.75) is 47.9 Å². The van der Waals surface area contributed by atoms with Gasteiger partial charge >= 0.3 is 6.18 Å². The molecule has 28 heavy (non-hydrogen) atoms. The maximum atomic E-state index is 12.6. The molecule has 3 aliphatic rings. The third-order valence-electron chi connectivity index (χ3n) is 5.58. The predicted molar refractivity (Wildman–Crippen MR) is 97.1 cm³/mol. The number of carbonyl (C=O) groups is 1. The van der Waals surface area contributed by atoms with Gasteiger partial charge in [0.25, 0.3) is 5.91 Å². The Morgan fingerprint density at radius 1 is 1.25 bits per heavy atom. The second-order valence-electron chi connectivity index (χ2n) is 7.27. The van der Waals surface area contributed by atoms with Gasteiger partial charge in [-0.2, -0.15) is 13.2 Å². The summed E-state index contributed by atoms with van der Waals surface area (Å²) in [4.78, 5) is 15.7. The number of hydrogen-bond donors (Lipinski definition) is 1. The van der Waals surface area contributed by atoms with E-state index in [1.54, 1.807) is 24.3 Å². The molecule has 0 spiro atoms. The molecule has 5 rings (SSSR count). The van der Waals surface area contributed by atoms with Crippen LogP contribution in [0.3, 0.4) is 0 Å². The van der Waals surface area contributed by atoms with Crippen LogP contribution < -0.4 is 5.32 Å². The monoisotopic (exact) mass is 411 g/mol. The van der Waals surface area contributed by atoms with Gasteiger partial charge in [-0.1, -0.05) is 16.9 Å². The molecule has 1 N–H and O–H groups in total. The van der Waals surface area contributed by atoms with Crippen LogP contribution in [-0.4, -0.2) is 41.1 Å². The van der Waals surface area contributed by atoms with Gasteiger partial charge in [-0.25, -0.2) is 0 Å². The summed E-state index contributed by atoms with van der Waals surface area (Å²) in [6.45, 7) is 4.35. The lowest BCUT2D eigenvalue weighted by molar-refractivity contribution is -0.155. The molecule has 150 valence electrons. The second kappa shape index (κ2) is 7.44. The van der Waals surface area contributed by atoms with Crippen molar-refractivity contribution in [3.63, 3.8) is 0 Å². The fraction of sp³-hybridized carbons (Fsp3) is 0.474. The lowest BCUT2D eigenvalue weighted by atomic mass is 9.79. The summed E-state index contributed by atoms with van der Waals surface area (Å²) in [5, 5.41) is 6.71. The van der Waals surface area contributed by atoms with Crippen LogP contribution in [0.5, 0.6) is 0 Å². The van der Waals surface area contributed by atoms with E-state index in [4.69, 9.17) is 0 Å². The van der Waals surface area contributed by atoms with E-state index in [0.717, 1.165) is 43.8 Å². The molecule has 3 aliphatic heterocycles. The lowest BCUT2D eigenvalue weighted by Crippen LogP contribution is -2.62. The summed E-state index contributed by atoms with van der Waals surface area (Å²) in [6.07, 6.45) is -2.33. The van der Waals surface area contributed by atoms with Crippen molar-refractivity contribution < 1.29 is 22.5 Å². The normalized spacial score (nSPS) is 27.0. The first-order valence-electron chi connectivity index (χ1n) is 9.18. The van der Waals surface area contributed by atoms with E-state index in [2.05, 4.69) is 26.8 Å². The Hall–Kier alpha value is -2.00. The van der Waals surface area contributed by atoms with Crippen molar-refractivity contribution in [2.24, 2.45) is 5.92 Å². The molecule has 0 aliphatic carbocycles. The maximum absolute atomic E-state index is 12.6. The zero-order valence-corrected chi connectivity index (χ0v) is 16.0. The van der Waals surface area contributed by atoms with E-state index in [0.29, 0.717) is 22.4 Å². The van der Waals surface area contributed by atoms with Crippen molar-refractivity contribution in [1.82, 2.24) is 15.4 Å². The number of aromatic nitrogens is 1. The zero-order chi connectivity index (χ0) is 19.9. The number of hydrogen-bond acceptors (Lipinski definition) is 5. The quantitative estimate of drug-likeness (QED) is 0.822. The van der Waals surface area contributed by atoms with Crippen LogP contribution in [0.15, 0.2) is 44.8 Å². The van der Waals surface area contributed by atoms with E-state index in [-0.39, 0.29) is 17.0 Å². The average molecular weight is 411 g/mol. The molecule has 2 aromatic rings. The first-order chi connectivity index (χ1) is 13.3. The predicted octanol–water partition coefficient (Wildman–Crippen LogP) is 4.06. The van der Waals surface area contributed by atoms with Gasteiger partial charge in [0.15, 0.2) is 0 Å². The van der Waals surface area contributed by atoms with Crippen LogP contribution in [-0.2, 0) is 6.18 Å². The highest BCUT2D eigenvalue weighted by atomic mass is 32.2. The fourth-order valence-electron chi connectivity index (χ4n) is 4.02. The average Bonchev–Trinajstić information content (AvgIpc) is 3.14. The van der Waals surface area contributed by atoms with Gasteiger partial charge in [-0.15, -0.1) is 0 Å². The summed E-state index contributed by atoms with van der Waals surface area (Å²) in [7, 11) is 0. The Bertz CT molecular complexity index is 843. The fourth-order valence-corrected chi connectivity index (χ4v) is 4.77. The highest BCUT2D eigenvalue weighted by Crippen LogP contribution is 2.35. The summed E-state index contributed by atoms with van der Waals surface area (Å²) in [5.74, 6) is -0.727. The van der Waals surface area contributed by atoms with Crippen LogP contribution in [0.1, 0.15) is 35.9 Å². The number of piperidine rings is 3. The van der Waals surface area contributed by atoms with Crippen molar-refractivity contribution in [2.75, 3.05) is 13.1 Å². The molecule has 1 amide bonds. The molecule has 5 nitrogen and oxygen atoms in total. The minimum absolute atomic E-state index is 0.116. The topological polar surface area (TPSA) is 58.4 Å². The third-order valence-corrected chi connectivity index (χ3v) is 6.49. The van der Waals surface area contributed by atoms with Gasteiger partial charge in [0.2, 0.25) is 5.76 Å². The Morgan fingerprint density at radius 2 is 1.93 bits per heavy atom. The van der Waals surface area contributed by atoms with Crippen LogP contribution >= 0.6 is 11.8 Å². The molecular formula is C19H20F3N3O2S. The summed E-state index contributed by atoms with van der Waals surface area (Å²) in [6, 6.07) is 8.09. The van der Waals surface area contributed by atoms with Crippen molar-refractivity contribution in [1.29, 1.82) is 0 Å². The molecule has 0 radical (unpaired) electrons. The van der Waals surface area contributed by atoms with E-state index in [1.807, 2.05) is 0 Å². The minimum atomic E-state index is -4.56. The third kappa shape index (κ3) is 3.91. The summed E-state index contributed by atoms with van der Waals surface area (Å²) in [5.41, 5.74) is 0.532. The van der Waals surface area contributed by atoms with Crippen molar-refractivity contribution >= 4 is 17.7 Å². The SMILES string of the molecule is CC1[C@H](NC(=O)c2ccc(Sc3cc(C(F)(F)F)on3)cc2)C2CCN1CC2. The van der Waals surface area contributed by atoms with E-state index < -0.39 is 11.9 Å². The van der Waals surface area contributed by atoms with Gasteiger partial charge in [0.1, 0.15) is 5.03 Å². The number of fused-ring (bicyclic) bond motifs is 3. The molecule has 1 unspecified atom stereocenters. The standard InChI is InChI=1S/C19H20F3N3O2S/c1-11-17(12-6-8-25(11)9-7-12)23-18(26)13-2-4-14(5-3-13)28-16-10-15(27-24-16)19(20,21)22/h2-5,10-12,17H,6-9H2,1H3,(H,23,26)/t11?,17-/m0/s1. The van der Waals surface area contributed by atoms with Crippen LogP contribution in [0.4, 0.5) is 13.2 Å². The highest BCUT2D eigenvalue weighted by molar-refractivity contribution is 7.99. The molecule has 1 aromatic carbocycles. The molecule has 2 bridgehead atoms. The Labute approximate surface area is 164 Å². The summed E-state index contributed by atoms with van der Waals surface area (Å²) < 4.78 is 42.0. The van der Waals surface area contributed by atoms with E-state index in [9.17, 15) is 18.0 Å². The number of nitrogens with zero attached hydrogens (tertiary/aromatic N) is 2. The number of halogens is 3. The minimum Gasteiger partial charge on any atom is -0.350 e. The lowest BCUT2D eigenvalue weighted by Gasteiger charge is -2.49. The van der Waals surface area contributed by atoms with Gasteiger partial charge in [0, 0.05) is 28.6 Å². The Balaban J connectivity index is 1.39. The van der Waals surface area contributed by atoms with Gasteiger partial charge < -0.3 is 9.84 Å². The number of amides is 1. The zero-order valence-electron chi connectivity index (χ0n) is 15.2. The summed E-state index contributed by atoms with van der Waals surface area (Å²) >= 11 is 1.05. The first kappa shape index (κ1) is 19.3. The van der Waals surface area contributed by atoms with Crippen LogP contribution in [0.2, 0.25) is 0 Å². The Kier molecular flexibility index (Phi) is 5.13. The number of carbonyl (C=O) groups excluding carboxylic acids is 1. The van der Waals surface area contributed by atoms with Crippen molar-refractivity contribution in [3.05, 3.63) is 41.7 Å². The van der Waals surface area contributed by atoms with Crippen LogP contribution in [0, 0.1) is 5.92 Å². The van der Waals surface area contributed by atoms with Crippen LogP contribution in [0.25, 0.3) is 0 Å². The number of alkyl halides is 3. The molecule has 4 heterocycles.